The van der Waals surface area contributed by atoms with Crippen LogP contribution in [0.2, 0.25) is 0 Å². The average Bonchev–Trinajstić information content (AvgIpc) is 3.00. The van der Waals surface area contributed by atoms with Crippen LogP contribution in [-0.4, -0.2) is 48.2 Å². The summed E-state index contributed by atoms with van der Waals surface area (Å²) in [6.07, 6.45) is -1.57. The van der Waals surface area contributed by atoms with E-state index in [0.717, 1.165) is 0 Å². The van der Waals surface area contributed by atoms with Crippen molar-refractivity contribution in [2.75, 3.05) is 20.4 Å². The minimum atomic E-state index is -0.958. The molecule has 2 rings (SSSR count). The van der Waals surface area contributed by atoms with E-state index in [9.17, 15) is 14.7 Å². The highest BCUT2D eigenvalue weighted by molar-refractivity contribution is 5.90. The maximum atomic E-state index is 11.6. The van der Waals surface area contributed by atoms with E-state index in [-0.39, 0.29) is 24.0 Å². The fourth-order valence-corrected chi connectivity index (χ4v) is 2.58. The summed E-state index contributed by atoms with van der Waals surface area (Å²) in [4.78, 5) is 26.0. The molecular weight excluding hydrogens is 368 g/mol. The third kappa shape index (κ3) is 5.86. The van der Waals surface area contributed by atoms with Gasteiger partial charge in [-0.25, -0.2) is 4.79 Å². The number of esters is 1. The number of aromatic hydroxyl groups is 1. The standard InChI is InChI=1S/C19H26N2O7/c1-11(22)27-15(9-20-19(2,3)4)12-6-7-14(23)17-13(12)8-16(21-17)28-18(24)26-10-25-5/h6-8,15,20-21,23H,9-10H2,1-5H3. The van der Waals surface area contributed by atoms with Crippen LogP contribution in [0.15, 0.2) is 18.2 Å². The van der Waals surface area contributed by atoms with E-state index in [4.69, 9.17) is 9.47 Å². The molecule has 0 aliphatic carbocycles. The van der Waals surface area contributed by atoms with Crippen LogP contribution in [0.3, 0.4) is 0 Å². The number of phenols is 1. The number of hydrogen-bond acceptors (Lipinski definition) is 8. The summed E-state index contributed by atoms with van der Waals surface area (Å²) < 4.78 is 19.9. The van der Waals surface area contributed by atoms with E-state index in [2.05, 4.69) is 19.8 Å². The van der Waals surface area contributed by atoms with Crippen molar-refractivity contribution in [2.45, 2.75) is 39.3 Å². The summed E-state index contributed by atoms with van der Waals surface area (Å²) in [7, 11) is 1.38. The molecule has 0 spiro atoms. The lowest BCUT2D eigenvalue weighted by molar-refractivity contribution is -0.146. The molecule has 154 valence electrons. The SMILES string of the molecule is COCOC(=O)Oc1cc2c(C(CNC(C)(C)C)OC(C)=O)ccc(O)c2[nH]1. The number of nitrogens with one attached hydrogen (secondary N) is 2. The van der Waals surface area contributed by atoms with Gasteiger partial charge in [0.05, 0.1) is 5.52 Å². The monoisotopic (exact) mass is 394 g/mol. The molecule has 0 aliphatic rings. The number of carbonyl (C=O) groups is 2. The molecule has 2 aromatic rings. The molecule has 0 radical (unpaired) electrons. The number of aromatic nitrogens is 1. The molecule has 9 heteroatoms. The number of carbonyl (C=O) groups excluding carboxylic acids is 2. The van der Waals surface area contributed by atoms with E-state index < -0.39 is 18.2 Å². The molecule has 3 N–H and O–H groups in total. The average molecular weight is 394 g/mol. The zero-order valence-electron chi connectivity index (χ0n) is 16.6. The van der Waals surface area contributed by atoms with Crippen LogP contribution in [0, 0.1) is 0 Å². The third-order valence-corrected chi connectivity index (χ3v) is 3.74. The highest BCUT2D eigenvalue weighted by Gasteiger charge is 2.23. The number of methoxy groups -OCH3 is 1. The number of H-pyrrole nitrogens is 1. The van der Waals surface area contributed by atoms with Gasteiger partial charge in [0.1, 0.15) is 11.9 Å². The van der Waals surface area contributed by atoms with Crippen molar-refractivity contribution in [1.82, 2.24) is 10.3 Å². The first-order valence-corrected chi connectivity index (χ1v) is 8.71. The minimum absolute atomic E-state index is 0.0378. The summed E-state index contributed by atoms with van der Waals surface area (Å²) >= 11 is 0. The number of benzene rings is 1. The number of hydrogen-bond donors (Lipinski definition) is 3. The van der Waals surface area contributed by atoms with Gasteiger partial charge < -0.3 is 34.4 Å². The normalized spacial score (nSPS) is 12.6. The third-order valence-electron chi connectivity index (χ3n) is 3.74. The summed E-state index contributed by atoms with van der Waals surface area (Å²) in [5.74, 6) is -0.398. The van der Waals surface area contributed by atoms with Crippen molar-refractivity contribution in [1.29, 1.82) is 0 Å². The zero-order chi connectivity index (χ0) is 20.9. The van der Waals surface area contributed by atoms with E-state index >= 15 is 0 Å². The summed E-state index contributed by atoms with van der Waals surface area (Å²) in [5.41, 5.74) is 0.808. The fraction of sp³-hybridized carbons (Fsp3) is 0.474. The van der Waals surface area contributed by atoms with Crippen LogP contribution in [0.4, 0.5) is 4.79 Å². The highest BCUT2D eigenvalue weighted by atomic mass is 16.8. The molecular formula is C19H26N2O7. The quantitative estimate of drug-likeness (QED) is 0.484. The lowest BCUT2D eigenvalue weighted by atomic mass is 10.0. The first-order chi connectivity index (χ1) is 13.1. The topological polar surface area (TPSA) is 119 Å². The van der Waals surface area contributed by atoms with Gasteiger partial charge in [-0.15, -0.1) is 0 Å². The first-order valence-electron chi connectivity index (χ1n) is 8.71. The molecule has 1 unspecified atom stereocenters. The first kappa shape index (κ1) is 21.5. The van der Waals surface area contributed by atoms with Crippen molar-refractivity contribution in [3.63, 3.8) is 0 Å². The van der Waals surface area contributed by atoms with E-state index in [0.29, 0.717) is 23.0 Å². The van der Waals surface area contributed by atoms with Gasteiger partial charge in [-0.1, -0.05) is 6.07 Å². The van der Waals surface area contributed by atoms with Gasteiger partial charge in [0, 0.05) is 43.1 Å². The van der Waals surface area contributed by atoms with Crippen LogP contribution in [0.5, 0.6) is 11.6 Å². The highest BCUT2D eigenvalue weighted by Crippen LogP contribution is 2.35. The van der Waals surface area contributed by atoms with Crippen LogP contribution < -0.4 is 10.1 Å². The molecule has 1 aromatic carbocycles. The van der Waals surface area contributed by atoms with Crippen LogP contribution in [0.1, 0.15) is 39.4 Å². The molecule has 0 saturated heterocycles. The Labute approximate surface area is 162 Å². The Morgan fingerprint density at radius 1 is 1.29 bits per heavy atom. The Balaban J connectivity index is 2.37. The van der Waals surface area contributed by atoms with Gasteiger partial charge in [-0.2, -0.15) is 0 Å². The van der Waals surface area contributed by atoms with Crippen LogP contribution >= 0.6 is 0 Å². The van der Waals surface area contributed by atoms with Gasteiger partial charge in [0.25, 0.3) is 0 Å². The number of fused-ring (bicyclic) bond motifs is 1. The number of aromatic amines is 1. The van der Waals surface area contributed by atoms with Gasteiger partial charge >= 0.3 is 12.1 Å². The Kier molecular flexibility index (Phi) is 6.87. The van der Waals surface area contributed by atoms with Crippen LogP contribution in [0.25, 0.3) is 10.9 Å². The van der Waals surface area contributed by atoms with E-state index in [1.165, 1.54) is 26.2 Å². The molecule has 1 atom stereocenters. The summed E-state index contributed by atoms with van der Waals surface area (Å²) in [6, 6.07) is 4.68. The minimum Gasteiger partial charge on any atom is -0.506 e. The number of ether oxygens (including phenoxy) is 4. The van der Waals surface area contributed by atoms with Gasteiger partial charge in [0.15, 0.2) is 6.79 Å². The maximum absolute atomic E-state index is 11.6. The summed E-state index contributed by atoms with van der Waals surface area (Å²) in [5, 5.41) is 14.0. The molecule has 1 heterocycles. The predicted octanol–water partition coefficient (Wildman–Crippen LogP) is 2.99. The zero-order valence-corrected chi connectivity index (χ0v) is 16.6. The van der Waals surface area contributed by atoms with Gasteiger partial charge in [-0.3, -0.25) is 4.79 Å². The van der Waals surface area contributed by atoms with Gasteiger partial charge in [0.2, 0.25) is 5.88 Å². The summed E-state index contributed by atoms with van der Waals surface area (Å²) in [6.45, 7) is 7.44. The number of phenolic OH excluding ortho intramolecular Hbond substituents is 1. The Bertz CT molecular complexity index is 839. The van der Waals surface area contributed by atoms with Crippen molar-refractivity contribution in [3.05, 3.63) is 23.8 Å². The van der Waals surface area contributed by atoms with E-state index in [1.807, 2.05) is 20.8 Å². The van der Waals surface area contributed by atoms with Crippen molar-refractivity contribution >= 4 is 23.0 Å². The lowest BCUT2D eigenvalue weighted by Crippen LogP contribution is -2.39. The Hall–Kier alpha value is -2.78. The molecule has 1 aromatic heterocycles. The molecule has 0 aliphatic heterocycles. The second-order valence-corrected chi connectivity index (χ2v) is 7.23. The largest absolute Gasteiger partial charge is 0.517 e. The maximum Gasteiger partial charge on any atom is 0.517 e. The molecule has 28 heavy (non-hydrogen) atoms. The molecule has 0 fully saturated rings. The Morgan fingerprint density at radius 3 is 2.61 bits per heavy atom. The van der Waals surface area contributed by atoms with Gasteiger partial charge in [-0.05, 0) is 26.8 Å². The second kappa shape index (κ2) is 8.94. The molecule has 9 nitrogen and oxygen atoms in total. The van der Waals surface area contributed by atoms with Crippen molar-refractivity contribution in [3.8, 4) is 11.6 Å². The van der Waals surface area contributed by atoms with Crippen molar-refractivity contribution in [2.24, 2.45) is 0 Å². The lowest BCUT2D eigenvalue weighted by Gasteiger charge is -2.25. The molecule has 0 bridgehead atoms. The molecule has 0 saturated carbocycles. The van der Waals surface area contributed by atoms with Crippen LogP contribution in [-0.2, 0) is 19.0 Å². The molecule has 0 amide bonds. The fourth-order valence-electron chi connectivity index (χ4n) is 2.58. The van der Waals surface area contributed by atoms with Crippen molar-refractivity contribution < 1.29 is 33.6 Å². The second-order valence-electron chi connectivity index (χ2n) is 7.23. The number of rotatable bonds is 7. The van der Waals surface area contributed by atoms with E-state index in [1.54, 1.807) is 6.07 Å². The Morgan fingerprint density at radius 2 is 2.00 bits per heavy atom. The smallest absolute Gasteiger partial charge is 0.506 e. The predicted molar refractivity (Wildman–Crippen MR) is 101 cm³/mol.